The van der Waals surface area contributed by atoms with Gasteiger partial charge < -0.3 is 24.1 Å². The van der Waals surface area contributed by atoms with Crippen LogP contribution in [0.15, 0.2) is 42.5 Å². The summed E-state index contributed by atoms with van der Waals surface area (Å²) in [6.07, 6.45) is 0.449. The van der Waals surface area contributed by atoms with E-state index in [9.17, 15) is 5.11 Å². The van der Waals surface area contributed by atoms with Crippen molar-refractivity contribution in [1.29, 1.82) is 0 Å². The second kappa shape index (κ2) is 7.50. The third-order valence-corrected chi connectivity index (χ3v) is 5.19. The minimum Gasteiger partial charge on any atom is -0.491 e. The summed E-state index contributed by atoms with van der Waals surface area (Å²) >= 11 is 0. The SMILES string of the molecule is CC(C)(c1ccc(OC[C@@H]2CO2)cc1)c1ccc(OC[C@H]2CO2)c(CO)c1. The standard InChI is InChI=1S/C22H26O5/c1-22(2,16-3-6-18(7-4-16)24-11-19-12-25-19)17-5-8-21(15(9-17)10-23)27-14-20-13-26-20/h3-9,19-20,23H,10-14H2,1-2H3/t19-,20-/m1/s1. The second-order valence-corrected chi connectivity index (χ2v) is 7.66. The summed E-state index contributed by atoms with van der Waals surface area (Å²) in [4.78, 5) is 0. The van der Waals surface area contributed by atoms with Gasteiger partial charge in [0.15, 0.2) is 0 Å². The van der Waals surface area contributed by atoms with Crippen LogP contribution in [0, 0.1) is 0 Å². The van der Waals surface area contributed by atoms with E-state index in [1.54, 1.807) is 0 Å². The highest BCUT2D eigenvalue weighted by atomic mass is 16.6. The number of aliphatic hydroxyl groups excluding tert-OH is 1. The van der Waals surface area contributed by atoms with Gasteiger partial charge in [-0.25, -0.2) is 0 Å². The molecule has 0 saturated carbocycles. The van der Waals surface area contributed by atoms with Gasteiger partial charge >= 0.3 is 0 Å². The Morgan fingerprint density at radius 3 is 2.11 bits per heavy atom. The minimum atomic E-state index is -0.208. The Morgan fingerprint density at radius 1 is 0.926 bits per heavy atom. The molecule has 2 heterocycles. The Kier molecular flexibility index (Phi) is 5.08. The van der Waals surface area contributed by atoms with E-state index >= 15 is 0 Å². The topological polar surface area (TPSA) is 63.8 Å². The molecule has 2 aromatic rings. The van der Waals surface area contributed by atoms with Crippen LogP contribution in [0.5, 0.6) is 11.5 Å². The number of ether oxygens (including phenoxy) is 4. The van der Waals surface area contributed by atoms with Crippen molar-refractivity contribution in [1.82, 2.24) is 0 Å². The largest absolute Gasteiger partial charge is 0.491 e. The van der Waals surface area contributed by atoms with Crippen LogP contribution in [0.25, 0.3) is 0 Å². The summed E-state index contributed by atoms with van der Waals surface area (Å²) in [6, 6.07) is 14.2. The molecule has 144 valence electrons. The second-order valence-electron chi connectivity index (χ2n) is 7.66. The number of epoxide rings is 2. The molecule has 0 amide bonds. The van der Waals surface area contributed by atoms with Crippen molar-refractivity contribution in [3.63, 3.8) is 0 Å². The zero-order chi connectivity index (χ0) is 18.9. The molecule has 27 heavy (non-hydrogen) atoms. The number of rotatable bonds is 9. The van der Waals surface area contributed by atoms with Gasteiger partial charge in [0, 0.05) is 11.0 Å². The van der Waals surface area contributed by atoms with Crippen molar-refractivity contribution in [2.75, 3.05) is 26.4 Å². The third kappa shape index (κ3) is 4.43. The maximum absolute atomic E-state index is 9.77. The molecule has 1 N–H and O–H groups in total. The molecule has 5 heteroatoms. The summed E-state index contributed by atoms with van der Waals surface area (Å²) < 4.78 is 21.8. The average molecular weight is 370 g/mol. The van der Waals surface area contributed by atoms with Gasteiger partial charge in [-0.3, -0.25) is 0 Å². The van der Waals surface area contributed by atoms with Crippen LogP contribution in [-0.2, 0) is 21.5 Å². The first-order chi connectivity index (χ1) is 13.1. The van der Waals surface area contributed by atoms with Crippen LogP contribution >= 0.6 is 0 Å². The van der Waals surface area contributed by atoms with E-state index in [1.807, 2.05) is 24.3 Å². The Bertz CT molecular complexity index is 776. The normalized spacial score (nSPS) is 21.0. The van der Waals surface area contributed by atoms with Crippen molar-refractivity contribution in [2.24, 2.45) is 0 Å². The fourth-order valence-electron chi connectivity index (χ4n) is 3.07. The minimum absolute atomic E-state index is 0.0548. The van der Waals surface area contributed by atoms with Gasteiger partial charge in [0.2, 0.25) is 0 Å². The lowest BCUT2D eigenvalue weighted by Gasteiger charge is -2.27. The molecule has 2 aliphatic heterocycles. The molecule has 2 fully saturated rings. The predicted molar refractivity (Wildman–Crippen MR) is 101 cm³/mol. The summed E-state index contributed by atoms with van der Waals surface area (Å²) in [5.74, 6) is 1.57. The van der Waals surface area contributed by atoms with Gasteiger partial charge in [0.25, 0.3) is 0 Å². The van der Waals surface area contributed by atoms with E-state index in [2.05, 4.69) is 32.0 Å². The lowest BCUT2D eigenvalue weighted by Crippen LogP contribution is -2.19. The smallest absolute Gasteiger partial charge is 0.124 e. The van der Waals surface area contributed by atoms with Crippen molar-refractivity contribution in [2.45, 2.75) is 38.1 Å². The molecule has 2 atom stereocenters. The molecule has 0 radical (unpaired) electrons. The highest BCUT2D eigenvalue weighted by Gasteiger charge is 2.26. The quantitative estimate of drug-likeness (QED) is 0.688. The predicted octanol–water partition coefficient (Wildman–Crippen LogP) is 3.06. The number of aliphatic hydroxyl groups is 1. The van der Waals surface area contributed by atoms with Gasteiger partial charge in [0.05, 0.1) is 19.8 Å². The monoisotopic (exact) mass is 370 g/mol. The van der Waals surface area contributed by atoms with Gasteiger partial charge in [-0.15, -0.1) is 0 Å². The lowest BCUT2D eigenvalue weighted by atomic mass is 9.77. The molecule has 0 aliphatic carbocycles. The van der Waals surface area contributed by atoms with Crippen molar-refractivity contribution in [3.05, 3.63) is 59.2 Å². The first-order valence-corrected chi connectivity index (χ1v) is 9.40. The summed E-state index contributed by atoms with van der Waals surface area (Å²) in [6.45, 7) is 6.99. The molecule has 5 nitrogen and oxygen atoms in total. The zero-order valence-electron chi connectivity index (χ0n) is 15.8. The Labute approximate surface area is 159 Å². The summed E-state index contributed by atoms with van der Waals surface area (Å²) in [5, 5.41) is 9.77. The fraction of sp³-hybridized carbons (Fsp3) is 0.455. The van der Waals surface area contributed by atoms with Crippen LogP contribution in [0.4, 0.5) is 0 Å². The van der Waals surface area contributed by atoms with Crippen LogP contribution in [0.3, 0.4) is 0 Å². The van der Waals surface area contributed by atoms with Crippen LogP contribution in [0.2, 0.25) is 0 Å². The van der Waals surface area contributed by atoms with E-state index in [0.717, 1.165) is 35.8 Å². The fourth-order valence-corrected chi connectivity index (χ4v) is 3.07. The maximum atomic E-state index is 9.77. The molecule has 2 saturated heterocycles. The average Bonchev–Trinajstić information content (AvgIpc) is 3.59. The van der Waals surface area contributed by atoms with Crippen molar-refractivity contribution < 1.29 is 24.1 Å². The Morgan fingerprint density at radius 2 is 1.52 bits per heavy atom. The van der Waals surface area contributed by atoms with Gasteiger partial charge in [-0.1, -0.05) is 32.0 Å². The van der Waals surface area contributed by atoms with E-state index in [4.69, 9.17) is 18.9 Å². The molecular formula is C22H26O5. The molecule has 2 aliphatic rings. The maximum Gasteiger partial charge on any atom is 0.124 e. The number of hydrogen-bond donors (Lipinski definition) is 1. The van der Waals surface area contributed by atoms with Crippen molar-refractivity contribution in [3.8, 4) is 11.5 Å². The van der Waals surface area contributed by atoms with E-state index in [-0.39, 0.29) is 24.2 Å². The first-order valence-electron chi connectivity index (χ1n) is 9.40. The lowest BCUT2D eigenvalue weighted by molar-refractivity contribution is 0.243. The first kappa shape index (κ1) is 18.3. The van der Waals surface area contributed by atoms with E-state index in [0.29, 0.717) is 13.2 Å². The molecule has 0 aromatic heterocycles. The van der Waals surface area contributed by atoms with Gasteiger partial charge in [-0.2, -0.15) is 0 Å². The van der Waals surface area contributed by atoms with E-state index in [1.165, 1.54) is 5.56 Å². The van der Waals surface area contributed by atoms with Crippen LogP contribution in [-0.4, -0.2) is 43.7 Å². The Hall–Kier alpha value is -2.08. The molecule has 4 rings (SSSR count). The van der Waals surface area contributed by atoms with Crippen LogP contribution in [0.1, 0.15) is 30.5 Å². The molecule has 2 aromatic carbocycles. The summed E-state index contributed by atoms with van der Waals surface area (Å²) in [5.41, 5.74) is 2.90. The van der Waals surface area contributed by atoms with Crippen LogP contribution < -0.4 is 9.47 Å². The highest BCUT2D eigenvalue weighted by molar-refractivity contribution is 5.45. The zero-order valence-corrected chi connectivity index (χ0v) is 15.8. The Balaban J connectivity index is 1.49. The van der Waals surface area contributed by atoms with Gasteiger partial charge in [-0.05, 0) is 35.4 Å². The number of benzene rings is 2. The third-order valence-electron chi connectivity index (χ3n) is 5.19. The summed E-state index contributed by atoms with van der Waals surface area (Å²) in [7, 11) is 0. The number of hydrogen-bond acceptors (Lipinski definition) is 5. The highest BCUT2D eigenvalue weighted by Crippen LogP contribution is 2.35. The van der Waals surface area contributed by atoms with E-state index < -0.39 is 0 Å². The molecule has 0 spiro atoms. The van der Waals surface area contributed by atoms with Gasteiger partial charge in [0.1, 0.15) is 36.9 Å². The van der Waals surface area contributed by atoms with Crippen molar-refractivity contribution >= 4 is 0 Å². The molecular weight excluding hydrogens is 344 g/mol. The molecule has 0 bridgehead atoms. The molecule has 0 unspecified atom stereocenters.